The van der Waals surface area contributed by atoms with Crippen molar-refractivity contribution in [1.29, 1.82) is 0 Å². The van der Waals surface area contributed by atoms with Gasteiger partial charge >= 0.3 is 0 Å². The summed E-state index contributed by atoms with van der Waals surface area (Å²) in [5, 5.41) is 3.49. The number of benzene rings is 1. The fraction of sp³-hybridized carbons (Fsp3) is 0.588. The highest BCUT2D eigenvalue weighted by molar-refractivity contribution is 5.77. The summed E-state index contributed by atoms with van der Waals surface area (Å²) in [6.45, 7) is 6.94. The second-order valence-corrected chi connectivity index (χ2v) is 5.83. The van der Waals surface area contributed by atoms with Crippen LogP contribution in [0.1, 0.15) is 38.5 Å². The lowest BCUT2D eigenvalue weighted by atomic mass is 10.2. The molecule has 4 nitrogen and oxygen atoms in total. The monoisotopic (exact) mass is 287 g/mol. The van der Waals surface area contributed by atoms with Crippen LogP contribution < -0.4 is 5.32 Å². The minimum absolute atomic E-state index is 0.813. The van der Waals surface area contributed by atoms with Crippen molar-refractivity contribution in [1.82, 2.24) is 9.88 Å². The number of rotatable bonds is 7. The first kappa shape index (κ1) is 14.4. The highest BCUT2D eigenvalue weighted by atomic mass is 16.3. The summed E-state index contributed by atoms with van der Waals surface area (Å²) >= 11 is 0. The lowest BCUT2D eigenvalue weighted by molar-refractivity contribution is 0.331. The Balaban J connectivity index is 1.44. The first-order valence-electron chi connectivity index (χ1n) is 8.21. The molecule has 1 N–H and O–H groups in total. The molecule has 0 radical (unpaired) electrons. The Bertz CT molecular complexity index is 572. The van der Waals surface area contributed by atoms with Gasteiger partial charge < -0.3 is 14.6 Å². The van der Waals surface area contributed by atoms with Crippen LogP contribution >= 0.6 is 0 Å². The van der Waals surface area contributed by atoms with E-state index in [4.69, 9.17) is 4.42 Å². The van der Waals surface area contributed by atoms with Crippen LogP contribution in [0.3, 0.4) is 0 Å². The summed E-state index contributed by atoms with van der Waals surface area (Å²) in [6.07, 6.45) is 6.10. The summed E-state index contributed by atoms with van der Waals surface area (Å²) in [4.78, 5) is 7.05. The summed E-state index contributed by atoms with van der Waals surface area (Å²) < 4.78 is 5.63. The number of anilines is 1. The predicted molar refractivity (Wildman–Crippen MR) is 86.8 cm³/mol. The van der Waals surface area contributed by atoms with Gasteiger partial charge in [-0.25, -0.2) is 4.98 Å². The van der Waals surface area contributed by atoms with Gasteiger partial charge in [-0.2, -0.15) is 0 Å². The normalized spacial score (nSPS) is 15.9. The highest BCUT2D eigenvalue weighted by Gasteiger charge is 2.10. The Morgan fingerprint density at radius 1 is 1.24 bits per heavy atom. The van der Waals surface area contributed by atoms with E-state index in [9.17, 15) is 0 Å². The Labute approximate surface area is 126 Å². The molecule has 1 saturated heterocycles. The predicted octanol–water partition coefficient (Wildman–Crippen LogP) is 3.68. The molecule has 0 atom stereocenters. The summed E-state index contributed by atoms with van der Waals surface area (Å²) in [5.41, 5.74) is 2.97. The van der Waals surface area contributed by atoms with Gasteiger partial charge in [0.2, 0.25) is 0 Å². The maximum atomic E-state index is 5.63. The number of hydrogen-bond acceptors (Lipinski definition) is 4. The first-order valence-corrected chi connectivity index (χ1v) is 8.21. The molecule has 1 aliphatic rings. The van der Waals surface area contributed by atoms with Crippen LogP contribution in [0.4, 0.5) is 5.69 Å². The number of fused-ring (bicyclic) bond motifs is 1. The van der Waals surface area contributed by atoms with Crippen molar-refractivity contribution in [3.05, 3.63) is 24.1 Å². The number of unbranched alkanes of at least 4 members (excludes halogenated alkanes) is 1. The second-order valence-electron chi connectivity index (χ2n) is 5.83. The van der Waals surface area contributed by atoms with Crippen LogP contribution in [0.5, 0.6) is 0 Å². The molecule has 0 bridgehead atoms. The average molecular weight is 287 g/mol. The zero-order chi connectivity index (χ0) is 14.5. The van der Waals surface area contributed by atoms with Crippen molar-refractivity contribution >= 4 is 16.8 Å². The molecule has 1 aromatic carbocycles. The SMILES string of the molecule is CCc1nc2cc(NCCCCN3CCCC3)ccc2o1. The zero-order valence-electron chi connectivity index (χ0n) is 12.9. The van der Waals surface area contributed by atoms with E-state index in [2.05, 4.69) is 34.3 Å². The summed E-state index contributed by atoms with van der Waals surface area (Å²) in [5.74, 6) is 0.813. The van der Waals surface area contributed by atoms with Crippen molar-refractivity contribution in [2.75, 3.05) is 31.5 Å². The number of nitrogens with one attached hydrogen (secondary N) is 1. The van der Waals surface area contributed by atoms with Gasteiger partial charge in [-0.05, 0) is 63.5 Å². The Morgan fingerprint density at radius 2 is 2.10 bits per heavy atom. The minimum Gasteiger partial charge on any atom is -0.441 e. The first-order chi connectivity index (χ1) is 10.3. The molecule has 0 spiro atoms. The lowest BCUT2D eigenvalue weighted by Gasteiger charge is -2.14. The molecule has 0 saturated carbocycles. The van der Waals surface area contributed by atoms with Gasteiger partial charge in [0.25, 0.3) is 0 Å². The summed E-state index contributed by atoms with van der Waals surface area (Å²) in [6, 6.07) is 6.17. The van der Waals surface area contributed by atoms with Gasteiger partial charge in [-0.15, -0.1) is 0 Å². The molecular weight excluding hydrogens is 262 g/mol. The van der Waals surface area contributed by atoms with Crippen molar-refractivity contribution < 1.29 is 4.42 Å². The van der Waals surface area contributed by atoms with Crippen LogP contribution in [0.25, 0.3) is 11.1 Å². The Kier molecular flexibility index (Phi) is 4.76. The molecule has 114 valence electrons. The third kappa shape index (κ3) is 3.76. The molecule has 2 heterocycles. The van der Waals surface area contributed by atoms with Crippen molar-refractivity contribution in [3.8, 4) is 0 Å². The quantitative estimate of drug-likeness (QED) is 0.789. The molecule has 0 aliphatic carbocycles. The van der Waals surface area contributed by atoms with Gasteiger partial charge in [0.05, 0.1) is 0 Å². The van der Waals surface area contributed by atoms with Gasteiger partial charge in [-0.1, -0.05) is 6.92 Å². The van der Waals surface area contributed by atoms with Gasteiger partial charge in [0, 0.05) is 18.7 Å². The van der Waals surface area contributed by atoms with E-state index in [0.717, 1.165) is 35.6 Å². The van der Waals surface area contributed by atoms with Crippen LogP contribution in [-0.4, -0.2) is 36.1 Å². The topological polar surface area (TPSA) is 41.3 Å². The molecule has 21 heavy (non-hydrogen) atoms. The Morgan fingerprint density at radius 3 is 2.90 bits per heavy atom. The van der Waals surface area contributed by atoms with E-state index in [1.807, 2.05) is 6.07 Å². The summed E-state index contributed by atoms with van der Waals surface area (Å²) in [7, 11) is 0. The molecule has 2 aromatic rings. The van der Waals surface area contributed by atoms with Crippen LogP contribution in [0.2, 0.25) is 0 Å². The third-order valence-electron chi connectivity index (χ3n) is 4.16. The smallest absolute Gasteiger partial charge is 0.195 e. The van der Waals surface area contributed by atoms with Gasteiger partial charge in [-0.3, -0.25) is 0 Å². The van der Waals surface area contributed by atoms with E-state index in [-0.39, 0.29) is 0 Å². The molecule has 1 aromatic heterocycles. The number of likely N-dealkylation sites (tertiary alicyclic amines) is 1. The van der Waals surface area contributed by atoms with Crippen LogP contribution in [0, 0.1) is 0 Å². The lowest BCUT2D eigenvalue weighted by Crippen LogP contribution is -2.20. The third-order valence-corrected chi connectivity index (χ3v) is 4.16. The molecule has 4 heteroatoms. The Hall–Kier alpha value is -1.55. The number of hydrogen-bond donors (Lipinski definition) is 1. The maximum Gasteiger partial charge on any atom is 0.195 e. The molecule has 1 fully saturated rings. The van der Waals surface area contributed by atoms with E-state index in [1.165, 1.54) is 45.3 Å². The van der Waals surface area contributed by atoms with Crippen LogP contribution in [0.15, 0.2) is 22.6 Å². The van der Waals surface area contributed by atoms with Gasteiger partial charge in [0.15, 0.2) is 11.5 Å². The average Bonchev–Trinajstić information content (AvgIpc) is 3.15. The zero-order valence-corrected chi connectivity index (χ0v) is 12.9. The van der Waals surface area contributed by atoms with Gasteiger partial charge in [0.1, 0.15) is 5.52 Å². The van der Waals surface area contributed by atoms with E-state index >= 15 is 0 Å². The fourth-order valence-corrected chi connectivity index (χ4v) is 2.94. The van der Waals surface area contributed by atoms with Crippen molar-refractivity contribution in [2.45, 2.75) is 39.0 Å². The van der Waals surface area contributed by atoms with E-state index in [0.29, 0.717) is 0 Å². The van der Waals surface area contributed by atoms with Crippen LogP contribution in [-0.2, 0) is 6.42 Å². The largest absolute Gasteiger partial charge is 0.441 e. The number of aromatic nitrogens is 1. The number of aryl methyl sites for hydroxylation is 1. The van der Waals surface area contributed by atoms with E-state index < -0.39 is 0 Å². The highest BCUT2D eigenvalue weighted by Crippen LogP contribution is 2.20. The van der Waals surface area contributed by atoms with Crippen molar-refractivity contribution in [3.63, 3.8) is 0 Å². The second kappa shape index (κ2) is 6.94. The fourth-order valence-electron chi connectivity index (χ4n) is 2.94. The molecular formula is C17H25N3O. The number of nitrogens with zero attached hydrogens (tertiary/aromatic N) is 2. The van der Waals surface area contributed by atoms with Crippen molar-refractivity contribution in [2.24, 2.45) is 0 Å². The molecule has 0 amide bonds. The minimum atomic E-state index is 0.813. The molecule has 1 aliphatic heterocycles. The van der Waals surface area contributed by atoms with E-state index in [1.54, 1.807) is 0 Å². The standard InChI is InChI=1S/C17H25N3O/c1-2-17-19-15-13-14(7-8-16(15)21-17)18-9-3-4-10-20-11-5-6-12-20/h7-8,13,18H,2-6,9-12H2,1H3. The molecule has 0 unspecified atom stereocenters. The maximum absolute atomic E-state index is 5.63. The number of oxazole rings is 1. The molecule has 3 rings (SSSR count).